The fourth-order valence-corrected chi connectivity index (χ4v) is 4.38. The summed E-state index contributed by atoms with van der Waals surface area (Å²) in [5.74, 6) is 1.81. The molecule has 0 saturated heterocycles. The van der Waals surface area contributed by atoms with Crippen LogP contribution < -0.4 is 20.9 Å². The van der Waals surface area contributed by atoms with E-state index in [-0.39, 0.29) is 11.2 Å². The van der Waals surface area contributed by atoms with Crippen LogP contribution in [0.3, 0.4) is 0 Å². The summed E-state index contributed by atoms with van der Waals surface area (Å²) in [4.78, 5) is 33.2. The van der Waals surface area contributed by atoms with E-state index < -0.39 is 0 Å². The minimum atomic E-state index is -0.298. The molecule has 0 radical (unpaired) electrons. The number of unbranched alkanes of at least 4 members (excludes halogenated alkanes) is 3. The van der Waals surface area contributed by atoms with E-state index in [1.807, 2.05) is 28.8 Å². The Bertz CT molecular complexity index is 1190. The van der Waals surface area contributed by atoms with Gasteiger partial charge in [0.05, 0.1) is 7.11 Å². The first kappa shape index (κ1) is 21.2. The molecule has 0 fully saturated rings. The van der Waals surface area contributed by atoms with E-state index in [2.05, 4.69) is 18.7 Å². The number of anilines is 2. The van der Waals surface area contributed by atoms with Gasteiger partial charge in [-0.1, -0.05) is 33.1 Å². The second-order valence-electron chi connectivity index (χ2n) is 8.47. The van der Waals surface area contributed by atoms with Crippen molar-refractivity contribution in [1.29, 1.82) is 0 Å². The Balaban J connectivity index is 1.83. The summed E-state index contributed by atoms with van der Waals surface area (Å²) in [6, 6.07) is 7.82. The van der Waals surface area contributed by atoms with E-state index in [1.54, 1.807) is 14.2 Å². The molecule has 0 aliphatic carbocycles. The van der Waals surface area contributed by atoms with Gasteiger partial charge < -0.3 is 14.2 Å². The summed E-state index contributed by atoms with van der Waals surface area (Å²) in [6.45, 7) is 6.23. The molecule has 1 aliphatic rings. The Morgan fingerprint density at radius 1 is 1.10 bits per heavy atom. The van der Waals surface area contributed by atoms with Gasteiger partial charge in [0, 0.05) is 32.4 Å². The molecule has 3 aromatic rings. The van der Waals surface area contributed by atoms with E-state index in [0.717, 1.165) is 43.7 Å². The molecule has 166 valence electrons. The van der Waals surface area contributed by atoms with Crippen molar-refractivity contribution >= 4 is 22.8 Å². The molecule has 0 saturated carbocycles. The fourth-order valence-electron chi connectivity index (χ4n) is 4.38. The van der Waals surface area contributed by atoms with E-state index >= 15 is 0 Å². The number of hydrogen-bond acceptors (Lipinski definition) is 5. The van der Waals surface area contributed by atoms with Crippen LogP contribution in [-0.2, 0) is 20.1 Å². The van der Waals surface area contributed by atoms with Crippen LogP contribution in [0.1, 0.15) is 39.5 Å². The van der Waals surface area contributed by atoms with E-state index in [9.17, 15) is 9.59 Å². The molecule has 1 atom stereocenters. The maximum absolute atomic E-state index is 13.4. The highest BCUT2D eigenvalue weighted by atomic mass is 16.5. The normalized spacial score (nSPS) is 16.0. The zero-order chi connectivity index (χ0) is 22.1. The van der Waals surface area contributed by atoms with Crippen molar-refractivity contribution in [3.8, 4) is 5.75 Å². The van der Waals surface area contributed by atoms with Gasteiger partial charge in [-0.3, -0.25) is 13.9 Å². The summed E-state index contributed by atoms with van der Waals surface area (Å²) in [7, 11) is 3.35. The van der Waals surface area contributed by atoms with Gasteiger partial charge in [0.15, 0.2) is 11.2 Å². The van der Waals surface area contributed by atoms with Crippen LogP contribution in [0, 0.1) is 5.92 Å². The van der Waals surface area contributed by atoms with Crippen molar-refractivity contribution in [2.45, 2.75) is 52.6 Å². The van der Waals surface area contributed by atoms with Crippen molar-refractivity contribution < 1.29 is 4.74 Å². The van der Waals surface area contributed by atoms with Crippen molar-refractivity contribution in [1.82, 2.24) is 18.7 Å². The first-order chi connectivity index (χ1) is 15.0. The van der Waals surface area contributed by atoms with Crippen LogP contribution in [0.15, 0.2) is 33.9 Å². The smallest absolute Gasteiger partial charge is 0.332 e. The Labute approximate surface area is 181 Å². The Hall–Kier alpha value is -3.03. The third-order valence-electron chi connectivity index (χ3n) is 6.06. The molecule has 0 bridgehead atoms. The Kier molecular flexibility index (Phi) is 5.89. The lowest BCUT2D eigenvalue weighted by molar-refractivity contribution is 0.414. The van der Waals surface area contributed by atoms with Crippen LogP contribution in [-0.4, -0.2) is 32.3 Å². The summed E-state index contributed by atoms with van der Waals surface area (Å²) in [5, 5.41) is 0. The van der Waals surface area contributed by atoms with Gasteiger partial charge in [-0.25, -0.2) is 4.79 Å². The molecular formula is C23H31N5O3. The van der Waals surface area contributed by atoms with Gasteiger partial charge >= 0.3 is 5.69 Å². The maximum Gasteiger partial charge on any atom is 0.332 e. The summed E-state index contributed by atoms with van der Waals surface area (Å²) < 4.78 is 10.2. The van der Waals surface area contributed by atoms with Gasteiger partial charge in [-0.2, -0.15) is 4.98 Å². The molecule has 3 heterocycles. The number of rotatable bonds is 7. The average molecular weight is 426 g/mol. The monoisotopic (exact) mass is 425 g/mol. The van der Waals surface area contributed by atoms with E-state index in [1.165, 1.54) is 9.13 Å². The number of nitrogens with zero attached hydrogens (tertiary/aromatic N) is 5. The standard InChI is InChI=1S/C23H31N5O3/c1-5-6-7-8-13-26-21(29)19-20(25(3)23(26)30)24-22-27(14-16(2)15-28(19)22)17-9-11-18(31-4)12-10-17/h9-12,16H,5-8,13-15H2,1-4H3/t16-/m1/s1. The maximum atomic E-state index is 13.4. The van der Waals surface area contributed by atoms with Crippen LogP contribution in [0.5, 0.6) is 5.75 Å². The van der Waals surface area contributed by atoms with Gasteiger partial charge in [0.1, 0.15) is 5.75 Å². The molecule has 8 heteroatoms. The first-order valence-corrected chi connectivity index (χ1v) is 11.1. The molecule has 1 aromatic carbocycles. The highest BCUT2D eigenvalue weighted by Gasteiger charge is 2.29. The van der Waals surface area contributed by atoms with Gasteiger partial charge in [-0.05, 0) is 36.6 Å². The Morgan fingerprint density at radius 3 is 2.52 bits per heavy atom. The van der Waals surface area contributed by atoms with Crippen LogP contribution in [0.2, 0.25) is 0 Å². The lowest BCUT2D eigenvalue weighted by Crippen LogP contribution is -2.40. The van der Waals surface area contributed by atoms with Crippen molar-refractivity contribution in [3.63, 3.8) is 0 Å². The molecule has 8 nitrogen and oxygen atoms in total. The highest BCUT2D eigenvalue weighted by Crippen LogP contribution is 2.33. The fraction of sp³-hybridized carbons (Fsp3) is 0.522. The van der Waals surface area contributed by atoms with Crippen molar-refractivity contribution in [2.75, 3.05) is 18.6 Å². The summed E-state index contributed by atoms with van der Waals surface area (Å²) in [6.07, 6.45) is 4.05. The van der Waals surface area contributed by atoms with Crippen molar-refractivity contribution in [3.05, 3.63) is 45.1 Å². The van der Waals surface area contributed by atoms with Crippen molar-refractivity contribution in [2.24, 2.45) is 13.0 Å². The number of aryl methyl sites for hydroxylation is 1. The predicted molar refractivity (Wildman–Crippen MR) is 123 cm³/mol. The lowest BCUT2D eigenvalue weighted by atomic mass is 10.1. The number of ether oxygens (including phenoxy) is 1. The van der Waals surface area contributed by atoms with Gasteiger partial charge in [-0.15, -0.1) is 0 Å². The number of imidazole rings is 1. The number of methoxy groups -OCH3 is 1. The van der Waals surface area contributed by atoms with Crippen LogP contribution in [0.4, 0.5) is 11.6 Å². The minimum absolute atomic E-state index is 0.239. The third-order valence-corrected chi connectivity index (χ3v) is 6.06. The predicted octanol–water partition coefficient (Wildman–Crippen LogP) is 3.27. The molecular weight excluding hydrogens is 394 g/mol. The van der Waals surface area contributed by atoms with E-state index in [4.69, 9.17) is 9.72 Å². The molecule has 0 amide bonds. The largest absolute Gasteiger partial charge is 0.497 e. The highest BCUT2D eigenvalue weighted by molar-refractivity contribution is 5.77. The number of hydrogen-bond donors (Lipinski definition) is 0. The topological polar surface area (TPSA) is 74.3 Å². The molecule has 0 spiro atoms. The second-order valence-corrected chi connectivity index (χ2v) is 8.47. The molecule has 2 aromatic heterocycles. The number of aromatic nitrogens is 4. The van der Waals surface area contributed by atoms with E-state index in [0.29, 0.717) is 36.1 Å². The van der Waals surface area contributed by atoms with Crippen LogP contribution in [0.25, 0.3) is 11.2 Å². The third kappa shape index (κ3) is 3.75. The number of benzene rings is 1. The molecule has 4 rings (SSSR count). The first-order valence-electron chi connectivity index (χ1n) is 11.1. The zero-order valence-corrected chi connectivity index (χ0v) is 18.8. The molecule has 1 aliphatic heterocycles. The molecule has 0 unspecified atom stereocenters. The molecule has 0 N–H and O–H groups in total. The molecule has 31 heavy (non-hydrogen) atoms. The lowest BCUT2D eigenvalue weighted by Gasteiger charge is -2.33. The number of fused-ring (bicyclic) bond motifs is 3. The van der Waals surface area contributed by atoms with Gasteiger partial charge in [0.2, 0.25) is 5.95 Å². The quantitative estimate of drug-likeness (QED) is 0.543. The van der Waals surface area contributed by atoms with Gasteiger partial charge in [0.25, 0.3) is 5.56 Å². The summed E-state index contributed by atoms with van der Waals surface area (Å²) in [5.41, 5.74) is 1.40. The van der Waals surface area contributed by atoms with Crippen LogP contribution >= 0.6 is 0 Å². The summed E-state index contributed by atoms with van der Waals surface area (Å²) >= 11 is 0. The average Bonchev–Trinajstić information content (AvgIpc) is 3.16. The second kappa shape index (κ2) is 8.61. The SMILES string of the molecule is CCCCCCn1c(=O)c2c(nc3n2C[C@H](C)CN3c2ccc(OC)cc2)n(C)c1=O. The Morgan fingerprint density at radius 2 is 1.84 bits per heavy atom. The minimum Gasteiger partial charge on any atom is -0.497 e. The zero-order valence-electron chi connectivity index (χ0n) is 18.8.